The number of pyridine rings is 1. The van der Waals surface area contributed by atoms with E-state index in [4.69, 9.17) is 17.3 Å². The van der Waals surface area contributed by atoms with Gasteiger partial charge in [-0.3, -0.25) is 4.79 Å². The summed E-state index contributed by atoms with van der Waals surface area (Å²) >= 11 is 6.19. The number of likely N-dealkylation sites (tertiary alicyclic amines) is 1. The monoisotopic (exact) mass is 296 g/mol. The van der Waals surface area contributed by atoms with E-state index in [1.54, 1.807) is 6.07 Å². The summed E-state index contributed by atoms with van der Waals surface area (Å²) in [6.45, 7) is 3.21. The summed E-state index contributed by atoms with van der Waals surface area (Å²) in [6, 6.07) is 1.58. The third-order valence-electron chi connectivity index (χ3n) is 3.84. The van der Waals surface area contributed by atoms with Crippen LogP contribution in [0.3, 0.4) is 0 Å². The molecule has 2 rings (SSSR count). The molecule has 0 bridgehead atoms. The number of aromatic nitrogens is 1. The van der Waals surface area contributed by atoms with Gasteiger partial charge in [-0.25, -0.2) is 4.98 Å². The zero-order valence-electron chi connectivity index (χ0n) is 12.0. The number of halogens is 1. The first-order valence-corrected chi connectivity index (χ1v) is 7.20. The maximum Gasteiger partial charge on any atom is 0.250 e. The molecule has 0 atom stereocenters. The molecule has 110 valence electrons. The molecule has 1 aromatic rings. The fourth-order valence-corrected chi connectivity index (χ4v) is 2.88. The molecule has 1 fully saturated rings. The van der Waals surface area contributed by atoms with E-state index in [2.05, 4.69) is 21.8 Å². The van der Waals surface area contributed by atoms with Crippen molar-refractivity contribution in [2.24, 2.45) is 11.7 Å². The number of amides is 1. The van der Waals surface area contributed by atoms with E-state index in [9.17, 15) is 4.79 Å². The van der Waals surface area contributed by atoms with Gasteiger partial charge in [-0.1, -0.05) is 11.6 Å². The first kappa shape index (κ1) is 15.1. The number of anilines is 1. The summed E-state index contributed by atoms with van der Waals surface area (Å²) in [6.07, 6.45) is 3.87. The van der Waals surface area contributed by atoms with Gasteiger partial charge in [0.05, 0.1) is 10.6 Å². The van der Waals surface area contributed by atoms with Crippen LogP contribution >= 0.6 is 11.6 Å². The molecule has 0 aliphatic carbocycles. The zero-order chi connectivity index (χ0) is 14.7. The summed E-state index contributed by atoms with van der Waals surface area (Å²) < 4.78 is 0. The van der Waals surface area contributed by atoms with Gasteiger partial charge in [0.25, 0.3) is 0 Å². The van der Waals surface area contributed by atoms with E-state index >= 15 is 0 Å². The fourth-order valence-electron chi connectivity index (χ4n) is 2.56. The van der Waals surface area contributed by atoms with Crippen molar-refractivity contribution < 1.29 is 4.79 Å². The summed E-state index contributed by atoms with van der Waals surface area (Å²) in [5.41, 5.74) is 5.55. The molecule has 1 aromatic heterocycles. The van der Waals surface area contributed by atoms with Crippen LogP contribution in [-0.4, -0.2) is 49.5 Å². The molecule has 0 radical (unpaired) electrons. The van der Waals surface area contributed by atoms with Crippen molar-refractivity contribution in [3.8, 4) is 0 Å². The largest absolute Gasteiger partial charge is 0.366 e. The van der Waals surface area contributed by atoms with E-state index in [1.807, 2.05) is 7.05 Å². The minimum Gasteiger partial charge on any atom is -0.366 e. The van der Waals surface area contributed by atoms with Crippen LogP contribution in [0.2, 0.25) is 5.02 Å². The Labute approximate surface area is 124 Å². The van der Waals surface area contributed by atoms with E-state index < -0.39 is 5.91 Å². The Kier molecular flexibility index (Phi) is 4.83. The predicted molar refractivity (Wildman–Crippen MR) is 81.3 cm³/mol. The van der Waals surface area contributed by atoms with Gasteiger partial charge in [-0.2, -0.15) is 0 Å². The second-order valence-corrected chi connectivity index (χ2v) is 5.93. The van der Waals surface area contributed by atoms with Crippen LogP contribution in [-0.2, 0) is 0 Å². The Morgan fingerprint density at radius 2 is 2.20 bits per heavy atom. The van der Waals surface area contributed by atoms with Crippen molar-refractivity contribution in [3.05, 3.63) is 22.8 Å². The molecule has 2 N–H and O–H groups in total. The highest BCUT2D eigenvalue weighted by Crippen LogP contribution is 2.25. The van der Waals surface area contributed by atoms with Gasteiger partial charge in [0.15, 0.2) is 0 Å². The lowest BCUT2D eigenvalue weighted by atomic mass is 9.97. The van der Waals surface area contributed by atoms with Crippen molar-refractivity contribution in [3.63, 3.8) is 0 Å². The van der Waals surface area contributed by atoms with Gasteiger partial charge < -0.3 is 15.5 Å². The third kappa shape index (κ3) is 3.61. The van der Waals surface area contributed by atoms with Crippen LogP contribution in [0, 0.1) is 5.92 Å². The van der Waals surface area contributed by atoms with Gasteiger partial charge in [0.2, 0.25) is 5.91 Å². The zero-order valence-corrected chi connectivity index (χ0v) is 12.7. The Bertz CT molecular complexity index is 486. The number of carbonyl (C=O) groups excluding carboxylic acids is 1. The lowest BCUT2D eigenvalue weighted by Crippen LogP contribution is -2.36. The molecule has 0 spiro atoms. The molecule has 20 heavy (non-hydrogen) atoms. The van der Waals surface area contributed by atoms with Gasteiger partial charge >= 0.3 is 0 Å². The first-order valence-electron chi connectivity index (χ1n) is 6.82. The fraction of sp³-hybridized carbons (Fsp3) is 0.571. The number of carbonyl (C=O) groups is 1. The summed E-state index contributed by atoms with van der Waals surface area (Å²) in [5, 5.41) is 0.469. The van der Waals surface area contributed by atoms with Crippen LogP contribution in [0.15, 0.2) is 12.3 Å². The maximum absolute atomic E-state index is 11.1. The smallest absolute Gasteiger partial charge is 0.250 e. The predicted octanol–water partition coefficient (Wildman–Crippen LogP) is 1.61. The van der Waals surface area contributed by atoms with Crippen molar-refractivity contribution in [1.82, 2.24) is 9.88 Å². The molecule has 1 aliphatic heterocycles. The Morgan fingerprint density at radius 1 is 1.55 bits per heavy atom. The molecule has 5 nitrogen and oxygen atoms in total. The van der Waals surface area contributed by atoms with Crippen LogP contribution in [0.1, 0.15) is 23.2 Å². The summed E-state index contributed by atoms with van der Waals surface area (Å²) in [4.78, 5) is 19.8. The summed E-state index contributed by atoms with van der Waals surface area (Å²) in [5.74, 6) is 0.851. The minimum atomic E-state index is -0.510. The SMILES string of the molecule is CN1CCC(CN(C)c2ncc(C(N)=O)cc2Cl)CC1. The summed E-state index contributed by atoms with van der Waals surface area (Å²) in [7, 11) is 4.14. The number of hydrogen-bond donors (Lipinski definition) is 1. The van der Waals surface area contributed by atoms with Gasteiger partial charge in [-0.05, 0) is 45.0 Å². The Hall–Kier alpha value is -1.33. The highest BCUT2D eigenvalue weighted by atomic mass is 35.5. The van der Waals surface area contributed by atoms with E-state index in [0.717, 1.165) is 19.6 Å². The Morgan fingerprint density at radius 3 is 2.75 bits per heavy atom. The highest BCUT2D eigenvalue weighted by molar-refractivity contribution is 6.33. The van der Waals surface area contributed by atoms with E-state index in [0.29, 0.717) is 22.3 Å². The molecule has 1 aliphatic rings. The molecule has 2 heterocycles. The minimum absolute atomic E-state index is 0.339. The second-order valence-electron chi connectivity index (χ2n) is 5.52. The van der Waals surface area contributed by atoms with Crippen LogP contribution in [0.25, 0.3) is 0 Å². The lowest BCUT2D eigenvalue weighted by molar-refractivity contribution is 0.1000. The third-order valence-corrected chi connectivity index (χ3v) is 4.12. The number of nitrogens with zero attached hydrogens (tertiary/aromatic N) is 3. The molecular weight excluding hydrogens is 276 g/mol. The maximum atomic E-state index is 11.1. The molecule has 0 saturated carbocycles. The normalized spacial score (nSPS) is 17.1. The van der Waals surface area contributed by atoms with E-state index in [1.165, 1.54) is 19.0 Å². The number of hydrogen-bond acceptors (Lipinski definition) is 4. The quantitative estimate of drug-likeness (QED) is 0.917. The average molecular weight is 297 g/mol. The van der Waals surface area contributed by atoms with Crippen molar-refractivity contribution in [2.75, 3.05) is 38.6 Å². The Balaban J connectivity index is 2.02. The van der Waals surface area contributed by atoms with Crippen molar-refractivity contribution in [1.29, 1.82) is 0 Å². The number of rotatable bonds is 4. The van der Waals surface area contributed by atoms with Crippen LogP contribution in [0.4, 0.5) is 5.82 Å². The van der Waals surface area contributed by atoms with E-state index in [-0.39, 0.29) is 0 Å². The number of piperidine rings is 1. The number of nitrogens with two attached hydrogens (primary N) is 1. The standard InChI is InChI=1S/C14H21ClN4O/c1-18-5-3-10(4-6-18)9-19(2)14-12(15)7-11(8-17-14)13(16)20/h7-8,10H,3-6,9H2,1-2H3,(H2,16,20). The molecule has 0 aromatic carbocycles. The highest BCUT2D eigenvalue weighted by Gasteiger charge is 2.20. The van der Waals surface area contributed by atoms with Gasteiger partial charge in [0, 0.05) is 19.8 Å². The first-order chi connectivity index (χ1) is 9.47. The molecule has 6 heteroatoms. The topological polar surface area (TPSA) is 62.5 Å². The van der Waals surface area contributed by atoms with Crippen molar-refractivity contribution in [2.45, 2.75) is 12.8 Å². The van der Waals surface area contributed by atoms with Gasteiger partial charge in [0.1, 0.15) is 5.82 Å². The van der Waals surface area contributed by atoms with Crippen LogP contribution < -0.4 is 10.6 Å². The van der Waals surface area contributed by atoms with Gasteiger partial charge in [-0.15, -0.1) is 0 Å². The molecule has 1 amide bonds. The second kappa shape index (κ2) is 6.41. The van der Waals surface area contributed by atoms with Crippen molar-refractivity contribution >= 4 is 23.3 Å². The average Bonchev–Trinajstić information content (AvgIpc) is 2.41. The molecule has 1 saturated heterocycles. The number of primary amides is 1. The van der Waals surface area contributed by atoms with Crippen LogP contribution in [0.5, 0.6) is 0 Å². The lowest BCUT2D eigenvalue weighted by Gasteiger charge is -2.32. The molecular formula is C14H21ClN4O. The molecule has 0 unspecified atom stereocenters.